The number of anilines is 1. The number of methoxy groups -OCH3 is 1. The third kappa shape index (κ3) is 5.41. The first-order valence-corrected chi connectivity index (χ1v) is 8.23. The maximum atomic E-state index is 12.1. The third-order valence-corrected chi connectivity index (χ3v) is 4.29. The van der Waals surface area contributed by atoms with E-state index in [1.54, 1.807) is 25.3 Å². The van der Waals surface area contributed by atoms with Crippen LogP contribution in [0.2, 0.25) is 0 Å². The van der Waals surface area contributed by atoms with Crippen molar-refractivity contribution in [1.82, 2.24) is 15.1 Å². The summed E-state index contributed by atoms with van der Waals surface area (Å²) in [5.74, 6) is 0.538. The Labute approximate surface area is 138 Å². The van der Waals surface area contributed by atoms with Crippen molar-refractivity contribution in [3.63, 3.8) is 0 Å². The van der Waals surface area contributed by atoms with Gasteiger partial charge in [-0.2, -0.15) is 0 Å². The van der Waals surface area contributed by atoms with Crippen LogP contribution in [0.25, 0.3) is 0 Å². The topological polar surface area (TPSA) is 70.8 Å². The molecular weight excluding hydrogens is 292 g/mol. The van der Waals surface area contributed by atoms with Crippen LogP contribution in [-0.2, 0) is 0 Å². The van der Waals surface area contributed by atoms with Crippen LogP contribution in [0.15, 0.2) is 18.2 Å². The van der Waals surface area contributed by atoms with E-state index in [0.29, 0.717) is 23.5 Å². The second kappa shape index (κ2) is 8.74. The molecule has 1 aromatic rings. The number of nitrogens with zero attached hydrogens (tertiary/aromatic N) is 2. The molecule has 0 aliphatic carbocycles. The second-order valence-corrected chi connectivity index (χ2v) is 6.06. The number of nitrogens with two attached hydrogens (primary N) is 1. The predicted molar refractivity (Wildman–Crippen MR) is 92.9 cm³/mol. The van der Waals surface area contributed by atoms with E-state index in [4.69, 9.17) is 10.5 Å². The average molecular weight is 320 g/mol. The van der Waals surface area contributed by atoms with Crippen molar-refractivity contribution < 1.29 is 9.53 Å². The second-order valence-electron chi connectivity index (χ2n) is 6.06. The highest BCUT2D eigenvalue weighted by Gasteiger charge is 2.13. The molecule has 1 aromatic carbocycles. The van der Waals surface area contributed by atoms with Gasteiger partial charge in [-0.15, -0.1) is 0 Å². The first-order chi connectivity index (χ1) is 11.1. The Kier molecular flexibility index (Phi) is 6.67. The lowest BCUT2D eigenvalue weighted by atomic mass is 10.1. The Morgan fingerprint density at radius 2 is 2.00 bits per heavy atom. The monoisotopic (exact) mass is 320 g/mol. The largest absolute Gasteiger partial charge is 0.497 e. The molecule has 128 valence electrons. The number of hydrogen-bond donors (Lipinski definition) is 2. The fourth-order valence-electron chi connectivity index (χ4n) is 2.70. The fourth-order valence-corrected chi connectivity index (χ4v) is 2.70. The molecule has 0 aromatic heterocycles. The van der Waals surface area contributed by atoms with E-state index in [0.717, 1.165) is 45.6 Å². The Balaban J connectivity index is 1.65. The predicted octanol–water partition coefficient (Wildman–Crippen LogP) is 1.03. The van der Waals surface area contributed by atoms with Crippen LogP contribution < -0.4 is 15.8 Å². The van der Waals surface area contributed by atoms with E-state index in [1.165, 1.54) is 0 Å². The molecule has 1 amide bonds. The summed E-state index contributed by atoms with van der Waals surface area (Å²) in [6.07, 6.45) is 2.08. The van der Waals surface area contributed by atoms with E-state index in [9.17, 15) is 4.79 Å². The summed E-state index contributed by atoms with van der Waals surface area (Å²) < 4.78 is 5.09. The minimum Gasteiger partial charge on any atom is -0.497 e. The van der Waals surface area contributed by atoms with E-state index in [1.807, 2.05) is 0 Å². The Morgan fingerprint density at radius 1 is 1.26 bits per heavy atom. The van der Waals surface area contributed by atoms with Crippen molar-refractivity contribution in [1.29, 1.82) is 0 Å². The molecule has 1 heterocycles. The molecule has 2 rings (SSSR count). The van der Waals surface area contributed by atoms with Crippen molar-refractivity contribution in [3.05, 3.63) is 23.8 Å². The molecule has 23 heavy (non-hydrogen) atoms. The number of nitrogen functional groups attached to an aromatic ring is 1. The van der Waals surface area contributed by atoms with Gasteiger partial charge in [-0.3, -0.25) is 4.79 Å². The SMILES string of the molecule is COc1ccc(C(=O)NCCCCN2CCN(C)CC2)c(N)c1. The maximum absolute atomic E-state index is 12.1. The molecule has 0 unspecified atom stereocenters. The van der Waals surface area contributed by atoms with E-state index in [-0.39, 0.29) is 5.91 Å². The fraction of sp³-hybridized carbons (Fsp3) is 0.588. The number of carbonyl (C=O) groups is 1. The van der Waals surface area contributed by atoms with E-state index < -0.39 is 0 Å². The van der Waals surface area contributed by atoms with Gasteiger partial charge >= 0.3 is 0 Å². The number of ether oxygens (including phenoxy) is 1. The molecule has 1 aliphatic heterocycles. The van der Waals surface area contributed by atoms with Gasteiger partial charge in [-0.25, -0.2) is 0 Å². The lowest BCUT2D eigenvalue weighted by molar-refractivity contribution is 0.0952. The normalized spacial score (nSPS) is 16.3. The van der Waals surface area contributed by atoms with Crippen molar-refractivity contribution in [2.75, 3.05) is 59.2 Å². The molecule has 6 heteroatoms. The van der Waals surface area contributed by atoms with Gasteiger partial charge in [0.1, 0.15) is 5.75 Å². The summed E-state index contributed by atoms with van der Waals surface area (Å²) in [7, 11) is 3.74. The number of carbonyl (C=O) groups excluding carboxylic acids is 1. The van der Waals surface area contributed by atoms with Gasteiger partial charge < -0.3 is 25.6 Å². The highest BCUT2D eigenvalue weighted by atomic mass is 16.5. The number of piperazine rings is 1. The Bertz CT molecular complexity index is 513. The van der Waals surface area contributed by atoms with Crippen LogP contribution in [0.4, 0.5) is 5.69 Å². The molecule has 1 fully saturated rings. The zero-order valence-corrected chi connectivity index (χ0v) is 14.2. The van der Waals surface area contributed by atoms with E-state index in [2.05, 4.69) is 22.2 Å². The summed E-state index contributed by atoms with van der Waals surface area (Å²) in [6, 6.07) is 5.12. The van der Waals surface area contributed by atoms with Crippen molar-refractivity contribution in [2.24, 2.45) is 0 Å². The highest BCUT2D eigenvalue weighted by Crippen LogP contribution is 2.19. The molecule has 0 saturated carbocycles. The number of hydrogen-bond acceptors (Lipinski definition) is 5. The highest BCUT2D eigenvalue weighted by molar-refractivity contribution is 5.99. The van der Waals surface area contributed by atoms with Crippen molar-refractivity contribution >= 4 is 11.6 Å². The zero-order valence-electron chi connectivity index (χ0n) is 14.2. The lowest BCUT2D eigenvalue weighted by Gasteiger charge is -2.32. The molecule has 1 saturated heterocycles. The summed E-state index contributed by atoms with van der Waals surface area (Å²) in [5.41, 5.74) is 6.83. The van der Waals surface area contributed by atoms with Gasteiger partial charge in [0.25, 0.3) is 5.91 Å². The summed E-state index contributed by atoms with van der Waals surface area (Å²) in [6.45, 7) is 6.36. The van der Waals surface area contributed by atoms with Crippen LogP contribution in [0.1, 0.15) is 23.2 Å². The summed E-state index contributed by atoms with van der Waals surface area (Å²) in [5, 5.41) is 2.94. The van der Waals surface area contributed by atoms with Crippen LogP contribution in [0, 0.1) is 0 Å². The van der Waals surface area contributed by atoms with Gasteiger partial charge in [0.2, 0.25) is 0 Å². The maximum Gasteiger partial charge on any atom is 0.253 e. The molecule has 0 spiro atoms. The lowest BCUT2D eigenvalue weighted by Crippen LogP contribution is -2.44. The first kappa shape index (κ1) is 17.6. The molecule has 0 atom stereocenters. The van der Waals surface area contributed by atoms with Gasteiger partial charge in [0.15, 0.2) is 0 Å². The quantitative estimate of drug-likeness (QED) is 0.580. The third-order valence-electron chi connectivity index (χ3n) is 4.29. The molecule has 0 radical (unpaired) electrons. The number of rotatable bonds is 7. The average Bonchev–Trinajstić information content (AvgIpc) is 2.55. The number of amides is 1. The minimum absolute atomic E-state index is 0.121. The van der Waals surface area contributed by atoms with Crippen LogP contribution in [0.5, 0.6) is 5.75 Å². The molecule has 6 nitrogen and oxygen atoms in total. The Morgan fingerprint density at radius 3 is 2.65 bits per heavy atom. The van der Waals surface area contributed by atoms with Crippen LogP contribution >= 0.6 is 0 Å². The van der Waals surface area contributed by atoms with Crippen molar-refractivity contribution in [2.45, 2.75) is 12.8 Å². The van der Waals surface area contributed by atoms with Gasteiger partial charge in [0, 0.05) is 44.5 Å². The molecular formula is C17H28N4O2. The van der Waals surface area contributed by atoms with Crippen LogP contribution in [0.3, 0.4) is 0 Å². The van der Waals surface area contributed by atoms with Gasteiger partial charge in [0.05, 0.1) is 12.7 Å². The van der Waals surface area contributed by atoms with Crippen molar-refractivity contribution in [3.8, 4) is 5.75 Å². The minimum atomic E-state index is -0.121. The molecule has 3 N–H and O–H groups in total. The van der Waals surface area contributed by atoms with Crippen LogP contribution in [-0.4, -0.2) is 69.1 Å². The molecule has 0 bridgehead atoms. The standard InChI is InChI=1S/C17H28N4O2/c1-20-9-11-21(12-10-20)8-4-3-7-19-17(22)15-6-5-14(23-2)13-16(15)18/h5-6,13H,3-4,7-12,18H2,1-2H3,(H,19,22). The zero-order chi connectivity index (χ0) is 16.7. The number of unbranched alkanes of at least 4 members (excludes halogenated alkanes) is 1. The number of benzene rings is 1. The summed E-state index contributed by atoms with van der Waals surface area (Å²) >= 11 is 0. The first-order valence-electron chi connectivity index (χ1n) is 8.23. The number of likely N-dealkylation sites (N-methyl/N-ethyl adjacent to an activating group) is 1. The molecule has 1 aliphatic rings. The van der Waals surface area contributed by atoms with Gasteiger partial charge in [-0.1, -0.05) is 0 Å². The number of nitrogens with one attached hydrogen (secondary N) is 1. The van der Waals surface area contributed by atoms with Gasteiger partial charge in [-0.05, 0) is 38.6 Å². The summed E-state index contributed by atoms with van der Waals surface area (Å²) in [4.78, 5) is 17.0. The van der Waals surface area contributed by atoms with E-state index >= 15 is 0 Å². The smallest absolute Gasteiger partial charge is 0.253 e. The Hall–Kier alpha value is -1.79.